The van der Waals surface area contributed by atoms with Crippen molar-refractivity contribution in [1.29, 1.82) is 0 Å². The third-order valence-corrected chi connectivity index (χ3v) is 6.15. The third-order valence-electron chi connectivity index (χ3n) is 6.15. The Labute approximate surface area is 228 Å². The van der Waals surface area contributed by atoms with Crippen molar-refractivity contribution in [2.75, 3.05) is 41.7 Å². The molecular formula is C30H58O7. The molecule has 0 heterocycles. The first kappa shape index (κ1) is 35.6. The SMILES string of the molecule is CCCCCCCOC(OC(OCCCCCCC)C(OC)=C(CCC)OC)C(OC)=C(CCC)OC. The van der Waals surface area contributed by atoms with E-state index in [0.29, 0.717) is 49.1 Å². The van der Waals surface area contributed by atoms with Crippen LogP contribution >= 0.6 is 0 Å². The molecule has 0 bridgehead atoms. The highest BCUT2D eigenvalue weighted by Gasteiger charge is 2.31. The summed E-state index contributed by atoms with van der Waals surface area (Å²) in [7, 11) is 6.56. The lowest BCUT2D eigenvalue weighted by Gasteiger charge is -2.29. The highest BCUT2D eigenvalue weighted by atomic mass is 16.8. The van der Waals surface area contributed by atoms with E-state index in [9.17, 15) is 0 Å². The van der Waals surface area contributed by atoms with Crippen molar-refractivity contribution in [3.8, 4) is 0 Å². The van der Waals surface area contributed by atoms with Crippen LogP contribution in [0.15, 0.2) is 23.0 Å². The molecule has 2 unspecified atom stereocenters. The van der Waals surface area contributed by atoms with E-state index < -0.39 is 12.6 Å². The second-order valence-corrected chi connectivity index (χ2v) is 9.26. The molecule has 0 aliphatic heterocycles. The van der Waals surface area contributed by atoms with E-state index in [1.807, 2.05) is 0 Å². The summed E-state index contributed by atoms with van der Waals surface area (Å²) < 4.78 is 42.0. The maximum Gasteiger partial charge on any atom is 0.223 e. The van der Waals surface area contributed by atoms with E-state index in [0.717, 1.165) is 38.5 Å². The zero-order chi connectivity index (χ0) is 27.7. The summed E-state index contributed by atoms with van der Waals surface area (Å²) in [5, 5.41) is 0. The average molecular weight is 531 g/mol. The molecule has 7 nitrogen and oxygen atoms in total. The van der Waals surface area contributed by atoms with Crippen LogP contribution in [0.1, 0.15) is 118 Å². The molecule has 0 N–H and O–H groups in total. The maximum absolute atomic E-state index is 6.50. The van der Waals surface area contributed by atoms with Crippen LogP contribution in [0.3, 0.4) is 0 Å². The summed E-state index contributed by atoms with van der Waals surface area (Å²) >= 11 is 0. The predicted octanol–water partition coefficient (Wildman–Crippen LogP) is 8.24. The van der Waals surface area contributed by atoms with Gasteiger partial charge >= 0.3 is 0 Å². The van der Waals surface area contributed by atoms with Gasteiger partial charge in [-0.25, -0.2) is 0 Å². The largest absolute Gasteiger partial charge is 0.497 e. The van der Waals surface area contributed by atoms with Gasteiger partial charge in [-0.1, -0.05) is 79.1 Å². The molecule has 0 aliphatic rings. The molecule has 0 fully saturated rings. The van der Waals surface area contributed by atoms with Crippen molar-refractivity contribution in [3.63, 3.8) is 0 Å². The van der Waals surface area contributed by atoms with Gasteiger partial charge in [0.25, 0.3) is 0 Å². The highest BCUT2D eigenvalue weighted by molar-refractivity contribution is 5.08. The van der Waals surface area contributed by atoms with E-state index in [-0.39, 0.29) is 0 Å². The zero-order valence-corrected chi connectivity index (χ0v) is 25.3. The number of rotatable bonds is 26. The first-order chi connectivity index (χ1) is 18.1. The number of methoxy groups -OCH3 is 4. The second-order valence-electron chi connectivity index (χ2n) is 9.26. The van der Waals surface area contributed by atoms with E-state index in [4.69, 9.17) is 33.2 Å². The minimum atomic E-state index is -0.798. The van der Waals surface area contributed by atoms with Crippen molar-refractivity contribution >= 4 is 0 Å². The lowest BCUT2D eigenvalue weighted by molar-refractivity contribution is -0.240. The van der Waals surface area contributed by atoms with Crippen molar-refractivity contribution in [1.82, 2.24) is 0 Å². The van der Waals surface area contributed by atoms with Gasteiger partial charge in [0.2, 0.25) is 12.6 Å². The molecule has 0 aromatic carbocycles. The number of ether oxygens (including phenoxy) is 7. The minimum absolute atomic E-state index is 0.527. The van der Waals surface area contributed by atoms with Crippen LogP contribution in [0.25, 0.3) is 0 Å². The summed E-state index contributed by atoms with van der Waals surface area (Å²) in [5.41, 5.74) is 0. The molecule has 0 radical (unpaired) electrons. The molecule has 0 rings (SSSR count). The molecule has 0 aliphatic carbocycles. The summed E-state index contributed by atoms with van der Waals surface area (Å²) in [6, 6.07) is 0. The second kappa shape index (κ2) is 24.9. The molecule has 37 heavy (non-hydrogen) atoms. The normalized spacial score (nSPS) is 14.5. The number of allylic oxidation sites excluding steroid dienone is 2. The van der Waals surface area contributed by atoms with Crippen LogP contribution in [0.5, 0.6) is 0 Å². The fourth-order valence-corrected chi connectivity index (χ4v) is 4.05. The van der Waals surface area contributed by atoms with Crippen molar-refractivity contribution < 1.29 is 33.2 Å². The van der Waals surface area contributed by atoms with Crippen molar-refractivity contribution in [3.05, 3.63) is 23.0 Å². The summed E-state index contributed by atoms with van der Waals surface area (Å²) in [6.45, 7) is 9.73. The molecule has 0 amide bonds. The number of hydrogen-bond acceptors (Lipinski definition) is 7. The average Bonchev–Trinajstić information content (AvgIpc) is 2.91. The number of hydrogen-bond donors (Lipinski definition) is 0. The van der Waals surface area contributed by atoms with Gasteiger partial charge in [-0.3, -0.25) is 0 Å². The molecule has 0 saturated carbocycles. The molecule has 0 aromatic rings. The molecule has 7 heteroatoms. The summed E-state index contributed by atoms with van der Waals surface area (Å²) in [4.78, 5) is 0. The highest BCUT2D eigenvalue weighted by Crippen LogP contribution is 2.26. The molecule has 0 saturated heterocycles. The first-order valence-electron chi connectivity index (χ1n) is 14.6. The van der Waals surface area contributed by atoms with Crippen LogP contribution in [-0.4, -0.2) is 54.2 Å². The van der Waals surface area contributed by atoms with Crippen LogP contribution in [-0.2, 0) is 33.2 Å². The Kier molecular flexibility index (Phi) is 23.9. The van der Waals surface area contributed by atoms with Gasteiger partial charge in [0, 0.05) is 12.8 Å². The van der Waals surface area contributed by atoms with Gasteiger partial charge in [0.1, 0.15) is 11.5 Å². The summed E-state index contributed by atoms with van der Waals surface area (Å²) in [5.74, 6) is 2.48. The van der Waals surface area contributed by atoms with E-state index in [1.165, 1.54) is 38.5 Å². The first-order valence-corrected chi connectivity index (χ1v) is 14.6. The van der Waals surface area contributed by atoms with E-state index >= 15 is 0 Å². The quantitative estimate of drug-likeness (QED) is 0.0634. The Morgan fingerprint density at radius 1 is 0.459 bits per heavy atom. The van der Waals surface area contributed by atoms with Gasteiger partial charge in [-0.05, 0) is 25.7 Å². The Bertz CT molecular complexity index is 538. The predicted molar refractivity (Wildman–Crippen MR) is 150 cm³/mol. The lowest BCUT2D eigenvalue weighted by Crippen LogP contribution is -2.33. The van der Waals surface area contributed by atoms with Gasteiger partial charge < -0.3 is 33.2 Å². The van der Waals surface area contributed by atoms with Gasteiger partial charge in [0.15, 0.2) is 11.5 Å². The van der Waals surface area contributed by atoms with Gasteiger partial charge in [-0.15, -0.1) is 0 Å². The summed E-state index contributed by atoms with van der Waals surface area (Å²) in [6.07, 6.45) is 13.1. The molecule has 220 valence electrons. The van der Waals surface area contributed by atoms with Gasteiger partial charge in [0.05, 0.1) is 41.7 Å². The smallest absolute Gasteiger partial charge is 0.223 e. The van der Waals surface area contributed by atoms with Crippen LogP contribution in [0.2, 0.25) is 0 Å². The Hall–Kier alpha value is -1.44. The maximum atomic E-state index is 6.50. The molecule has 0 spiro atoms. The minimum Gasteiger partial charge on any atom is -0.497 e. The van der Waals surface area contributed by atoms with Crippen LogP contribution in [0.4, 0.5) is 0 Å². The Morgan fingerprint density at radius 2 is 0.838 bits per heavy atom. The third kappa shape index (κ3) is 15.5. The monoisotopic (exact) mass is 530 g/mol. The Morgan fingerprint density at radius 3 is 1.14 bits per heavy atom. The van der Waals surface area contributed by atoms with E-state index in [2.05, 4.69) is 27.7 Å². The van der Waals surface area contributed by atoms with Gasteiger partial charge in [-0.2, -0.15) is 0 Å². The molecule has 2 atom stereocenters. The topological polar surface area (TPSA) is 64.6 Å². The fraction of sp³-hybridized carbons (Fsp3) is 0.867. The van der Waals surface area contributed by atoms with Crippen molar-refractivity contribution in [2.45, 2.75) is 130 Å². The Balaban J connectivity index is 5.94. The molecular weight excluding hydrogens is 472 g/mol. The lowest BCUT2D eigenvalue weighted by atomic mass is 10.2. The number of unbranched alkanes of at least 4 members (excludes halogenated alkanes) is 8. The van der Waals surface area contributed by atoms with Crippen LogP contribution < -0.4 is 0 Å². The fourth-order valence-electron chi connectivity index (χ4n) is 4.05. The molecule has 0 aromatic heterocycles. The zero-order valence-electron chi connectivity index (χ0n) is 25.3. The van der Waals surface area contributed by atoms with E-state index in [1.54, 1.807) is 28.4 Å². The standard InChI is InChI=1S/C30H58O7/c1-9-13-15-17-19-23-35-29(27(33-7)25(31-5)21-11-3)37-30(36-24-20-18-16-14-10-2)28(34-8)26(32-6)22-12-4/h29-30H,9-24H2,1-8H3. The van der Waals surface area contributed by atoms with Crippen LogP contribution in [0, 0.1) is 0 Å². The van der Waals surface area contributed by atoms with Crippen molar-refractivity contribution in [2.24, 2.45) is 0 Å².